The fraction of sp³-hybridized carbons (Fsp3) is 0.125. The first kappa shape index (κ1) is 10.6. The molecular formula is C8H7ClINO2. The van der Waals surface area contributed by atoms with Gasteiger partial charge in [0.1, 0.15) is 0 Å². The highest BCUT2D eigenvalue weighted by Gasteiger charge is 2.12. The molecule has 13 heavy (non-hydrogen) atoms. The number of nitrogens with two attached hydrogens (primary N) is 1. The highest BCUT2D eigenvalue weighted by Crippen LogP contribution is 2.24. The third-order valence-electron chi connectivity index (χ3n) is 1.49. The lowest BCUT2D eigenvalue weighted by molar-refractivity contribution is 0.0601. The van der Waals surface area contributed by atoms with E-state index in [0.29, 0.717) is 16.3 Å². The molecule has 1 rings (SSSR count). The van der Waals surface area contributed by atoms with Crippen molar-refractivity contribution in [1.82, 2.24) is 0 Å². The van der Waals surface area contributed by atoms with Crippen LogP contribution in [0.3, 0.4) is 0 Å². The second kappa shape index (κ2) is 4.15. The fourth-order valence-electron chi connectivity index (χ4n) is 0.832. The Labute approximate surface area is 94.3 Å². The number of nitrogen functional groups attached to an aromatic ring is 1. The van der Waals surface area contributed by atoms with Crippen molar-refractivity contribution in [3.05, 3.63) is 26.3 Å². The number of ether oxygens (including phenoxy) is 1. The van der Waals surface area contributed by atoms with E-state index < -0.39 is 5.97 Å². The first-order valence-electron chi connectivity index (χ1n) is 3.39. The molecule has 0 bridgehead atoms. The van der Waals surface area contributed by atoms with Gasteiger partial charge < -0.3 is 10.5 Å². The van der Waals surface area contributed by atoms with Crippen LogP contribution in [0.15, 0.2) is 12.1 Å². The number of esters is 1. The minimum Gasteiger partial charge on any atom is -0.465 e. The van der Waals surface area contributed by atoms with Gasteiger partial charge in [0.25, 0.3) is 0 Å². The zero-order chi connectivity index (χ0) is 10.0. The Kier molecular flexibility index (Phi) is 3.38. The summed E-state index contributed by atoms with van der Waals surface area (Å²) in [7, 11) is 1.30. The van der Waals surface area contributed by atoms with E-state index in [1.807, 2.05) is 22.6 Å². The van der Waals surface area contributed by atoms with Crippen LogP contribution in [-0.4, -0.2) is 13.1 Å². The molecular weight excluding hydrogens is 304 g/mol. The number of carbonyl (C=O) groups is 1. The van der Waals surface area contributed by atoms with Gasteiger partial charge in [0.2, 0.25) is 0 Å². The molecule has 0 aliphatic heterocycles. The minimum atomic E-state index is -0.479. The van der Waals surface area contributed by atoms with Crippen LogP contribution in [-0.2, 0) is 4.74 Å². The monoisotopic (exact) mass is 311 g/mol. The van der Waals surface area contributed by atoms with Crippen LogP contribution < -0.4 is 5.73 Å². The van der Waals surface area contributed by atoms with Crippen LogP contribution in [0, 0.1) is 3.57 Å². The number of anilines is 1. The molecule has 0 amide bonds. The van der Waals surface area contributed by atoms with Crippen molar-refractivity contribution in [1.29, 1.82) is 0 Å². The Morgan fingerprint density at radius 1 is 1.62 bits per heavy atom. The predicted molar refractivity (Wildman–Crippen MR) is 59.9 cm³/mol. The van der Waals surface area contributed by atoms with E-state index >= 15 is 0 Å². The van der Waals surface area contributed by atoms with Gasteiger partial charge in [0.05, 0.1) is 17.7 Å². The summed E-state index contributed by atoms with van der Waals surface area (Å²) in [5.74, 6) is -0.479. The highest BCUT2D eigenvalue weighted by molar-refractivity contribution is 14.1. The van der Waals surface area contributed by atoms with Crippen LogP contribution in [0.25, 0.3) is 0 Å². The molecule has 0 saturated heterocycles. The van der Waals surface area contributed by atoms with Crippen molar-refractivity contribution in [3.63, 3.8) is 0 Å². The second-order valence-electron chi connectivity index (χ2n) is 2.35. The van der Waals surface area contributed by atoms with Gasteiger partial charge >= 0.3 is 5.97 Å². The van der Waals surface area contributed by atoms with Gasteiger partial charge in [-0.15, -0.1) is 0 Å². The molecule has 1 aromatic carbocycles. The van der Waals surface area contributed by atoms with E-state index in [4.69, 9.17) is 17.3 Å². The fourth-order valence-corrected chi connectivity index (χ4v) is 1.72. The molecule has 1 aromatic rings. The summed E-state index contributed by atoms with van der Waals surface area (Å²) in [6, 6.07) is 3.14. The van der Waals surface area contributed by atoms with E-state index in [1.54, 1.807) is 6.07 Å². The van der Waals surface area contributed by atoms with Gasteiger partial charge in [-0.05, 0) is 34.7 Å². The molecule has 2 N–H and O–H groups in total. The number of carbonyl (C=O) groups excluding carboxylic acids is 1. The SMILES string of the molecule is COC(=O)c1cc(N)c(I)cc1Cl. The Balaban J connectivity index is 3.23. The van der Waals surface area contributed by atoms with Gasteiger partial charge in [-0.3, -0.25) is 0 Å². The van der Waals surface area contributed by atoms with Gasteiger partial charge in [0.15, 0.2) is 0 Å². The standard InChI is InChI=1S/C8H7ClINO2/c1-13-8(12)4-2-7(11)6(10)3-5(4)9/h2-3H,11H2,1H3. The maximum absolute atomic E-state index is 11.1. The molecule has 70 valence electrons. The van der Waals surface area contributed by atoms with Crippen LogP contribution in [0.5, 0.6) is 0 Å². The van der Waals surface area contributed by atoms with Gasteiger partial charge in [0, 0.05) is 9.26 Å². The van der Waals surface area contributed by atoms with Crippen molar-refractivity contribution in [3.8, 4) is 0 Å². The number of halogens is 2. The van der Waals surface area contributed by atoms with Crippen molar-refractivity contribution in [2.45, 2.75) is 0 Å². The van der Waals surface area contributed by atoms with Crippen molar-refractivity contribution < 1.29 is 9.53 Å². The molecule has 0 saturated carbocycles. The average Bonchev–Trinajstić information content (AvgIpc) is 2.10. The molecule has 0 aromatic heterocycles. The maximum atomic E-state index is 11.1. The number of methoxy groups -OCH3 is 1. The lowest BCUT2D eigenvalue weighted by Gasteiger charge is -2.04. The summed E-state index contributed by atoms with van der Waals surface area (Å²) in [5.41, 5.74) is 6.42. The largest absolute Gasteiger partial charge is 0.465 e. The van der Waals surface area contributed by atoms with Gasteiger partial charge in [-0.1, -0.05) is 11.6 Å². The molecule has 0 spiro atoms. The van der Waals surface area contributed by atoms with Gasteiger partial charge in [-0.2, -0.15) is 0 Å². The lowest BCUT2D eigenvalue weighted by atomic mass is 10.2. The zero-order valence-electron chi connectivity index (χ0n) is 6.80. The quantitative estimate of drug-likeness (QED) is 0.492. The average molecular weight is 312 g/mol. The third-order valence-corrected chi connectivity index (χ3v) is 2.74. The predicted octanol–water partition coefficient (Wildman–Crippen LogP) is 2.31. The Bertz CT molecular complexity index is 354. The Morgan fingerprint density at radius 3 is 2.77 bits per heavy atom. The first-order chi connectivity index (χ1) is 6.06. The molecule has 0 aliphatic carbocycles. The normalized spacial score (nSPS) is 9.77. The summed E-state index contributed by atoms with van der Waals surface area (Å²) in [5, 5.41) is 0.352. The molecule has 0 radical (unpaired) electrons. The van der Waals surface area contributed by atoms with E-state index in [9.17, 15) is 4.79 Å². The maximum Gasteiger partial charge on any atom is 0.339 e. The zero-order valence-corrected chi connectivity index (χ0v) is 9.72. The first-order valence-corrected chi connectivity index (χ1v) is 4.84. The summed E-state index contributed by atoms with van der Waals surface area (Å²) in [4.78, 5) is 11.1. The molecule has 0 heterocycles. The highest BCUT2D eigenvalue weighted by atomic mass is 127. The second-order valence-corrected chi connectivity index (χ2v) is 3.91. The smallest absolute Gasteiger partial charge is 0.339 e. The van der Waals surface area contributed by atoms with Crippen LogP contribution in [0.4, 0.5) is 5.69 Å². The molecule has 5 heteroatoms. The number of hydrogen-bond donors (Lipinski definition) is 1. The molecule has 0 atom stereocenters. The summed E-state index contributed by atoms with van der Waals surface area (Å²) >= 11 is 7.85. The Hall–Kier alpha value is -0.490. The summed E-state index contributed by atoms with van der Waals surface area (Å²) in [6.45, 7) is 0. The molecule has 3 nitrogen and oxygen atoms in total. The molecule has 0 aliphatic rings. The van der Waals surface area contributed by atoms with Crippen molar-refractivity contribution in [2.24, 2.45) is 0 Å². The third kappa shape index (κ3) is 2.25. The van der Waals surface area contributed by atoms with Crippen LogP contribution >= 0.6 is 34.2 Å². The number of rotatable bonds is 1. The molecule has 0 unspecified atom stereocenters. The Morgan fingerprint density at radius 2 is 2.23 bits per heavy atom. The summed E-state index contributed by atoms with van der Waals surface area (Å²) < 4.78 is 5.35. The van der Waals surface area contributed by atoms with E-state index in [0.717, 1.165) is 3.57 Å². The van der Waals surface area contributed by atoms with Crippen LogP contribution in [0.2, 0.25) is 5.02 Å². The van der Waals surface area contributed by atoms with Crippen molar-refractivity contribution in [2.75, 3.05) is 12.8 Å². The van der Waals surface area contributed by atoms with E-state index in [2.05, 4.69) is 4.74 Å². The topological polar surface area (TPSA) is 52.3 Å². The van der Waals surface area contributed by atoms with Gasteiger partial charge in [-0.25, -0.2) is 4.79 Å². The van der Waals surface area contributed by atoms with E-state index in [-0.39, 0.29) is 0 Å². The molecule has 0 fully saturated rings. The minimum absolute atomic E-state index is 0.294. The number of benzene rings is 1. The number of hydrogen-bond acceptors (Lipinski definition) is 3. The van der Waals surface area contributed by atoms with E-state index in [1.165, 1.54) is 13.2 Å². The summed E-state index contributed by atoms with van der Waals surface area (Å²) in [6.07, 6.45) is 0. The lowest BCUT2D eigenvalue weighted by Crippen LogP contribution is -2.04. The van der Waals surface area contributed by atoms with Crippen LogP contribution in [0.1, 0.15) is 10.4 Å². The van der Waals surface area contributed by atoms with Crippen molar-refractivity contribution >= 4 is 45.8 Å².